The van der Waals surface area contributed by atoms with E-state index in [0.717, 1.165) is 30.5 Å². The monoisotopic (exact) mass is 315 g/mol. The summed E-state index contributed by atoms with van der Waals surface area (Å²) in [6, 6.07) is 0.0127. The zero-order valence-electron chi connectivity index (χ0n) is 10.6. The van der Waals surface area contributed by atoms with E-state index >= 15 is 0 Å². The number of carbonyl (C=O) groups is 1. The van der Waals surface area contributed by atoms with E-state index in [9.17, 15) is 4.79 Å². The Morgan fingerprint density at radius 1 is 1.78 bits per heavy atom. The van der Waals surface area contributed by atoms with E-state index in [4.69, 9.17) is 4.74 Å². The molecule has 1 aromatic heterocycles. The zero-order valence-corrected chi connectivity index (χ0v) is 12.2. The van der Waals surface area contributed by atoms with Crippen molar-refractivity contribution in [3.05, 3.63) is 16.4 Å². The van der Waals surface area contributed by atoms with E-state index in [-0.39, 0.29) is 18.1 Å². The van der Waals surface area contributed by atoms with Crippen molar-refractivity contribution in [3.8, 4) is 0 Å². The molecule has 18 heavy (non-hydrogen) atoms. The van der Waals surface area contributed by atoms with Gasteiger partial charge in [0.15, 0.2) is 5.69 Å². The molecule has 5 nitrogen and oxygen atoms in total. The van der Waals surface area contributed by atoms with Crippen LogP contribution in [0.5, 0.6) is 0 Å². The van der Waals surface area contributed by atoms with E-state index in [1.54, 1.807) is 4.68 Å². The maximum absolute atomic E-state index is 12.1. The van der Waals surface area contributed by atoms with Gasteiger partial charge in [-0.05, 0) is 42.6 Å². The van der Waals surface area contributed by atoms with Crippen molar-refractivity contribution >= 4 is 21.8 Å². The summed E-state index contributed by atoms with van der Waals surface area (Å²) in [6.07, 6.45) is 4.01. The van der Waals surface area contributed by atoms with Crippen molar-refractivity contribution in [2.45, 2.75) is 45.4 Å². The van der Waals surface area contributed by atoms with Crippen molar-refractivity contribution in [1.29, 1.82) is 0 Å². The summed E-state index contributed by atoms with van der Waals surface area (Å²) in [5, 5.41) is 7.17. The highest BCUT2D eigenvalue weighted by atomic mass is 79.9. The van der Waals surface area contributed by atoms with Crippen LogP contribution < -0.4 is 5.32 Å². The first-order valence-electron chi connectivity index (χ1n) is 6.27. The summed E-state index contributed by atoms with van der Waals surface area (Å²) in [6.45, 7) is 5.49. The van der Waals surface area contributed by atoms with Gasteiger partial charge < -0.3 is 10.1 Å². The largest absolute Gasteiger partial charge is 0.376 e. The van der Waals surface area contributed by atoms with Crippen LogP contribution in [0.25, 0.3) is 0 Å². The molecule has 0 bridgehead atoms. The molecule has 0 saturated carbocycles. The molecular weight excluding hydrogens is 298 g/mol. The van der Waals surface area contributed by atoms with Crippen LogP contribution in [0.3, 0.4) is 0 Å². The molecular formula is C12H18BrN3O2. The summed E-state index contributed by atoms with van der Waals surface area (Å²) in [4.78, 5) is 12.1. The SMILES string of the molecule is CCn1cc(Br)c(C(=O)N[C@H](C)[C@@H]2CCCO2)n1. The van der Waals surface area contributed by atoms with Crippen LogP contribution >= 0.6 is 15.9 Å². The third kappa shape index (κ3) is 2.92. The summed E-state index contributed by atoms with van der Waals surface area (Å²) < 4.78 is 8.01. The van der Waals surface area contributed by atoms with Gasteiger partial charge >= 0.3 is 0 Å². The fraction of sp³-hybridized carbons (Fsp3) is 0.667. The Balaban J connectivity index is 1.99. The molecule has 1 aliphatic rings. The van der Waals surface area contributed by atoms with Crippen LogP contribution in [-0.2, 0) is 11.3 Å². The lowest BCUT2D eigenvalue weighted by Gasteiger charge is -2.19. The number of carbonyl (C=O) groups excluding carboxylic acids is 1. The van der Waals surface area contributed by atoms with Crippen LogP contribution in [0.1, 0.15) is 37.2 Å². The van der Waals surface area contributed by atoms with Gasteiger partial charge in [0.2, 0.25) is 0 Å². The van der Waals surface area contributed by atoms with Gasteiger partial charge in [-0.1, -0.05) is 0 Å². The van der Waals surface area contributed by atoms with Crippen molar-refractivity contribution in [2.24, 2.45) is 0 Å². The molecule has 1 aromatic rings. The van der Waals surface area contributed by atoms with E-state index in [1.807, 2.05) is 20.0 Å². The number of aryl methyl sites for hydroxylation is 1. The molecule has 6 heteroatoms. The lowest BCUT2D eigenvalue weighted by Crippen LogP contribution is -2.41. The van der Waals surface area contributed by atoms with Gasteiger partial charge in [-0.3, -0.25) is 9.48 Å². The Kier molecular flexibility index (Phi) is 4.40. The van der Waals surface area contributed by atoms with Crippen LogP contribution in [0.2, 0.25) is 0 Å². The Hall–Kier alpha value is -0.880. The molecule has 100 valence electrons. The summed E-state index contributed by atoms with van der Waals surface area (Å²) in [5.41, 5.74) is 0.432. The van der Waals surface area contributed by atoms with Crippen LogP contribution in [-0.4, -0.2) is 34.4 Å². The predicted molar refractivity (Wildman–Crippen MR) is 71.5 cm³/mol. The van der Waals surface area contributed by atoms with Crippen molar-refractivity contribution in [1.82, 2.24) is 15.1 Å². The number of nitrogens with zero attached hydrogens (tertiary/aromatic N) is 2. The quantitative estimate of drug-likeness (QED) is 0.924. The third-order valence-corrected chi connectivity index (χ3v) is 3.72. The molecule has 0 radical (unpaired) electrons. The molecule has 2 heterocycles. The van der Waals surface area contributed by atoms with Crippen molar-refractivity contribution in [3.63, 3.8) is 0 Å². The second-order valence-corrected chi connectivity index (χ2v) is 5.35. The van der Waals surface area contributed by atoms with Crippen LogP contribution in [0.4, 0.5) is 0 Å². The minimum atomic E-state index is -0.155. The first-order valence-corrected chi connectivity index (χ1v) is 7.06. The number of nitrogens with one attached hydrogen (secondary N) is 1. The van der Waals surface area contributed by atoms with Gasteiger partial charge in [-0.15, -0.1) is 0 Å². The van der Waals surface area contributed by atoms with E-state index < -0.39 is 0 Å². The molecule has 0 spiro atoms. The van der Waals surface area contributed by atoms with Crippen molar-refractivity contribution < 1.29 is 9.53 Å². The van der Waals surface area contributed by atoms with E-state index in [2.05, 4.69) is 26.3 Å². The van der Waals surface area contributed by atoms with E-state index in [0.29, 0.717) is 5.69 Å². The van der Waals surface area contributed by atoms with Crippen molar-refractivity contribution in [2.75, 3.05) is 6.61 Å². The first-order chi connectivity index (χ1) is 8.61. The molecule has 0 unspecified atom stereocenters. The number of amides is 1. The van der Waals surface area contributed by atoms with Crippen LogP contribution in [0.15, 0.2) is 10.7 Å². The Morgan fingerprint density at radius 2 is 2.56 bits per heavy atom. The van der Waals surface area contributed by atoms with Crippen LogP contribution in [0, 0.1) is 0 Å². The summed E-state index contributed by atoms with van der Waals surface area (Å²) in [5.74, 6) is -0.155. The highest BCUT2D eigenvalue weighted by Gasteiger charge is 2.25. The Labute approximate surface area is 115 Å². The standard InChI is InChI=1S/C12H18BrN3O2/c1-3-16-7-9(13)11(15-16)12(17)14-8(2)10-5-4-6-18-10/h7-8,10H,3-6H2,1-2H3,(H,14,17)/t8-,10+/m1/s1. The maximum atomic E-state index is 12.1. The molecule has 2 atom stereocenters. The minimum Gasteiger partial charge on any atom is -0.376 e. The molecule has 2 rings (SSSR count). The molecule has 1 N–H and O–H groups in total. The highest BCUT2D eigenvalue weighted by molar-refractivity contribution is 9.10. The molecule has 0 aliphatic carbocycles. The van der Waals surface area contributed by atoms with Gasteiger partial charge in [0.25, 0.3) is 5.91 Å². The number of rotatable bonds is 4. The normalized spacial score (nSPS) is 20.9. The molecule has 1 aliphatic heterocycles. The topological polar surface area (TPSA) is 56.2 Å². The minimum absolute atomic E-state index is 0.0127. The smallest absolute Gasteiger partial charge is 0.273 e. The number of aromatic nitrogens is 2. The molecule has 1 amide bonds. The Bertz CT molecular complexity index is 427. The summed E-state index contributed by atoms with van der Waals surface area (Å²) in [7, 11) is 0. The second-order valence-electron chi connectivity index (χ2n) is 4.49. The Morgan fingerprint density at radius 3 is 3.11 bits per heavy atom. The number of ether oxygens (including phenoxy) is 1. The number of hydrogen-bond acceptors (Lipinski definition) is 3. The zero-order chi connectivity index (χ0) is 13.1. The molecule has 0 aromatic carbocycles. The van der Waals surface area contributed by atoms with Gasteiger partial charge in [-0.25, -0.2) is 0 Å². The fourth-order valence-electron chi connectivity index (χ4n) is 2.08. The average molecular weight is 316 g/mol. The number of hydrogen-bond donors (Lipinski definition) is 1. The highest BCUT2D eigenvalue weighted by Crippen LogP contribution is 2.18. The third-order valence-electron chi connectivity index (χ3n) is 3.14. The van der Waals surface area contributed by atoms with Gasteiger partial charge in [0.1, 0.15) is 0 Å². The second kappa shape index (κ2) is 5.84. The first kappa shape index (κ1) is 13.5. The predicted octanol–water partition coefficient (Wildman–Crippen LogP) is 1.96. The maximum Gasteiger partial charge on any atom is 0.273 e. The van der Waals surface area contributed by atoms with Gasteiger partial charge in [0, 0.05) is 19.3 Å². The lowest BCUT2D eigenvalue weighted by atomic mass is 10.1. The fourth-order valence-corrected chi connectivity index (χ4v) is 2.57. The van der Waals surface area contributed by atoms with Gasteiger partial charge in [-0.2, -0.15) is 5.10 Å². The number of halogens is 1. The average Bonchev–Trinajstić information content (AvgIpc) is 2.97. The molecule has 1 saturated heterocycles. The van der Waals surface area contributed by atoms with E-state index in [1.165, 1.54) is 0 Å². The molecule has 1 fully saturated rings. The summed E-state index contributed by atoms with van der Waals surface area (Å²) >= 11 is 3.36. The lowest BCUT2D eigenvalue weighted by molar-refractivity contribution is 0.0708. The van der Waals surface area contributed by atoms with Gasteiger partial charge in [0.05, 0.1) is 16.6 Å².